The molecule has 0 aliphatic rings. The topological polar surface area (TPSA) is 95.0 Å². The van der Waals surface area contributed by atoms with Crippen molar-refractivity contribution in [2.75, 3.05) is 24.6 Å². The van der Waals surface area contributed by atoms with Gasteiger partial charge in [0, 0.05) is 25.4 Å². The number of hydrogen-bond donors (Lipinski definition) is 3. The molecule has 6 nitrogen and oxygen atoms in total. The number of aliphatic hydroxyl groups excluding tert-OH is 1. The summed E-state index contributed by atoms with van der Waals surface area (Å²) in [6.07, 6.45) is 0.651. The Morgan fingerprint density at radius 3 is 2.68 bits per heavy atom. The van der Waals surface area contributed by atoms with Crippen LogP contribution in [0.5, 0.6) is 0 Å². The van der Waals surface area contributed by atoms with Crippen molar-refractivity contribution in [2.24, 2.45) is 10.9 Å². The number of aliphatic hydroxyl groups is 1. The van der Waals surface area contributed by atoms with Crippen LogP contribution in [0.3, 0.4) is 0 Å². The zero-order valence-corrected chi connectivity index (χ0v) is 11.7. The molecule has 0 spiro atoms. The lowest BCUT2D eigenvalue weighted by Gasteiger charge is -2.25. The van der Waals surface area contributed by atoms with Gasteiger partial charge in [0.1, 0.15) is 5.82 Å². The first-order chi connectivity index (χ1) is 9.04. The average Bonchev–Trinajstić information content (AvgIpc) is 2.38. The van der Waals surface area contributed by atoms with Crippen molar-refractivity contribution < 1.29 is 10.3 Å². The van der Waals surface area contributed by atoms with E-state index in [1.807, 2.05) is 31.7 Å². The maximum absolute atomic E-state index is 8.96. The lowest BCUT2D eigenvalue weighted by Crippen LogP contribution is -2.30. The molecule has 1 heterocycles. The third-order valence-electron chi connectivity index (χ3n) is 2.96. The summed E-state index contributed by atoms with van der Waals surface area (Å²) in [4.78, 5) is 6.52. The predicted octanol–water partition coefficient (Wildman–Crippen LogP) is 1.00. The summed E-state index contributed by atoms with van der Waals surface area (Å²) >= 11 is 0. The standard InChI is InChI=1S/C13H22N4O2/c1-4-17(6-5-7-18)13-11(12(14)16-19)9(2)8-10(3)15-13/h8,18-19H,4-7H2,1-3H3,(H2,14,16). The first-order valence-corrected chi connectivity index (χ1v) is 6.37. The number of oxime groups is 1. The zero-order valence-electron chi connectivity index (χ0n) is 11.7. The lowest BCUT2D eigenvalue weighted by atomic mass is 10.1. The molecule has 0 bridgehead atoms. The van der Waals surface area contributed by atoms with E-state index in [2.05, 4.69) is 10.1 Å². The Hall–Kier alpha value is -1.82. The van der Waals surface area contributed by atoms with Gasteiger partial charge in [-0.2, -0.15) is 0 Å². The second-order valence-electron chi connectivity index (χ2n) is 4.42. The van der Waals surface area contributed by atoms with Gasteiger partial charge in [-0.25, -0.2) is 4.98 Å². The second kappa shape index (κ2) is 6.94. The number of pyridine rings is 1. The first-order valence-electron chi connectivity index (χ1n) is 6.37. The molecule has 0 radical (unpaired) electrons. The maximum Gasteiger partial charge on any atom is 0.174 e. The Balaban J connectivity index is 3.29. The maximum atomic E-state index is 8.96. The molecule has 0 amide bonds. The molecule has 0 aliphatic carbocycles. The van der Waals surface area contributed by atoms with Crippen molar-refractivity contribution in [2.45, 2.75) is 27.2 Å². The molecule has 6 heteroatoms. The van der Waals surface area contributed by atoms with Gasteiger partial charge in [-0.3, -0.25) is 0 Å². The second-order valence-corrected chi connectivity index (χ2v) is 4.42. The smallest absolute Gasteiger partial charge is 0.174 e. The normalized spacial score (nSPS) is 11.7. The van der Waals surface area contributed by atoms with Crippen LogP contribution in [-0.2, 0) is 0 Å². The number of nitrogens with zero attached hydrogens (tertiary/aromatic N) is 3. The third kappa shape index (κ3) is 3.57. The van der Waals surface area contributed by atoms with Crippen LogP contribution in [0.15, 0.2) is 11.2 Å². The number of hydrogen-bond acceptors (Lipinski definition) is 5. The Bertz CT molecular complexity index is 460. The minimum absolute atomic E-state index is 0.0578. The fourth-order valence-electron chi connectivity index (χ4n) is 2.09. The number of nitrogens with two attached hydrogens (primary N) is 1. The van der Waals surface area contributed by atoms with Gasteiger partial charge >= 0.3 is 0 Å². The minimum atomic E-state index is 0.0578. The van der Waals surface area contributed by atoms with Crippen LogP contribution < -0.4 is 10.6 Å². The SMILES string of the molecule is CCN(CCCO)c1nc(C)cc(C)c1/C(N)=N/O. The molecular weight excluding hydrogens is 244 g/mol. The monoisotopic (exact) mass is 266 g/mol. The van der Waals surface area contributed by atoms with E-state index in [1.54, 1.807) is 0 Å². The highest BCUT2D eigenvalue weighted by Crippen LogP contribution is 2.22. The molecule has 1 aromatic heterocycles. The van der Waals surface area contributed by atoms with Gasteiger partial charge in [-0.15, -0.1) is 0 Å². The largest absolute Gasteiger partial charge is 0.409 e. The van der Waals surface area contributed by atoms with E-state index in [-0.39, 0.29) is 12.4 Å². The van der Waals surface area contributed by atoms with Crippen molar-refractivity contribution in [3.05, 3.63) is 22.9 Å². The van der Waals surface area contributed by atoms with Crippen LogP contribution in [0.25, 0.3) is 0 Å². The molecule has 0 aliphatic heterocycles. The summed E-state index contributed by atoms with van der Waals surface area (Å²) in [6, 6.07) is 1.90. The van der Waals surface area contributed by atoms with E-state index in [9.17, 15) is 0 Å². The average molecular weight is 266 g/mol. The van der Waals surface area contributed by atoms with Gasteiger partial charge in [0.05, 0.1) is 5.56 Å². The van der Waals surface area contributed by atoms with Crippen LogP contribution in [0, 0.1) is 13.8 Å². The van der Waals surface area contributed by atoms with E-state index >= 15 is 0 Å². The van der Waals surface area contributed by atoms with Gasteiger partial charge in [-0.1, -0.05) is 5.16 Å². The summed E-state index contributed by atoms with van der Waals surface area (Å²) in [5.74, 6) is 0.756. The molecule has 19 heavy (non-hydrogen) atoms. The quantitative estimate of drug-likeness (QED) is 0.309. The molecule has 0 saturated carbocycles. The third-order valence-corrected chi connectivity index (χ3v) is 2.96. The van der Waals surface area contributed by atoms with Crippen LogP contribution in [0.2, 0.25) is 0 Å². The highest BCUT2D eigenvalue weighted by Gasteiger charge is 2.17. The first kappa shape index (κ1) is 15.2. The van der Waals surface area contributed by atoms with Crippen molar-refractivity contribution in [1.82, 2.24) is 4.98 Å². The van der Waals surface area contributed by atoms with Crippen LogP contribution in [-0.4, -0.2) is 40.8 Å². The summed E-state index contributed by atoms with van der Waals surface area (Å²) in [6.45, 7) is 7.36. The van der Waals surface area contributed by atoms with Gasteiger partial charge in [-0.05, 0) is 38.8 Å². The molecule has 0 atom stereocenters. The molecule has 106 valence electrons. The lowest BCUT2D eigenvalue weighted by molar-refractivity contribution is 0.289. The Morgan fingerprint density at radius 2 is 2.16 bits per heavy atom. The molecule has 0 fully saturated rings. The molecule has 1 aromatic rings. The van der Waals surface area contributed by atoms with Gasteiger partial charge in [0.2, 0.25) is 0 Å². The molecule has 0 aromatic carbocycles. The van der Waals surface area contributed by atoms with Crippen molar-refractivity contribution >= 4 is 11.7 Å². The highest BCUT2D eigenvalue weighted by atomic mass is 16.4. The Kier molecular flexibility index (Phi) is 5.57. The van der Waals surface area contributed by atoms with Crippen LogP contribution >= 0.6 is 0 Å². The summed E-state index contributed by atoms with van der Waals surface area (Å²) in [7, 11) is 0. The van der Waals surface area contributed by atoms with Crippen molar-refractivity contribution in [1.29, 1.82) is 0 Å². The van der Waals surface area contributed by atoms with Crippen LogP contribution in [0.4, 0.5) is 5.82 Å². The molecule has 4 N–H and O–H groups in total. The Labute approximate surface area is 113 Å². The summed E-state index contributed by atoms with van der Waals surface area (Å²) in [5, 5.41) is 21.0. The minimum Gasteiger partial charge on any atom is -0.409 e. The fraction of sp³-hybridized carbons (Fsp3) is 0.538. The molecular formula is C13H22N4O2. The van der Waals surface area contributed by atoms with E-state index in [0.717, 1.165) is 17.8 Å². The van der Waals surface area contributed by atoms with E-state index in [4.69, 9.17) is 16.0 Å². The fourth-order valence-corrected chi connectivity index (χ4v) is 2.09. The number of anilines is 1. The summed E-state index contributed by atoms with van der Waals surface area (Å²) < 4.78 is 0. The predicted molar refractivity (Wildman–Crippen MR) is 75.8 cm³/mol. The Morgan fingerprint density at radius 1 is 1.47 bits per heavy atom. The number of rotatable bonds is 6. The van der Waals surface area contributed by atoms with Crippen molar-refractivity contribution in [3.63, 3.8) is 0 Å². The van der Waals surface area contributed by atoms with E-state index in [0.29, 0.717) is 24.3 Å². The van der Waals surface area contributed by atoms with Gasteiger partial charge in [0.15, 0.2) is 5.84 Å². The molecule has 1 rings (SSSR count). The van der Waals surface area contributed by atoms with Gasteiger partial charge in [0.25, 0.3) is 0 Å². The summed E-state index contributed by atoms with van der Waals surface area (Å²) in [5.41, 5.74) is 8.19. The van der Waals surface area contributed by atoms with E-state index < -0.39 is 0 Å². The van der Waals surface area contributed by atoms with Gasteiger partial charge < -0.3 is 20.9 Å². The van der Waals surface area contributed by atoms with Crippen LogP contribution in [0.1, 0.15) is 30.2 Å². The van der Waals surface area contributed by atoms with E-state index in [1.165, 1.54) is 0 Å². The highest BCUT2D eigenvalue weighted by molar-refractivity contribution is 6.02. The number of aryl methyl sites for hydroxylation is 2. The zero-order chi connectivity index (χ0) is 14.4. The molecule has 0 unspecified atom stereocenters. The van der Waals surface area contributed by atoms with Crippen molar-refractivity contribution in [3.8, 4) is 0 Å². The number of aromatic nitrogens is 1. The number of amidine groups is 1. The molecule has 0 saturated heterocycles.